The third-order valence-electron chi connectivity index (χ3n) is 4.74. The second-order valence-corrected chi connectivity index (χ2v) is 7.26. The summed E-state index contributed by atoms with van der Waals surface area (Å²) in [6.45, 7) is 1.61. The number of H-pyrrole nitrogens is 1. The first-order valence-corrected chi connectivity index (χ1v) is 9.59. The molecule has 0 aliphatic carbocycles. The van der Waals surface area contributed by atoms with E-state index < -0.39 is 11.2 Å². The molecule has 4 rings (SSSR count). The van der Waals surface area contributed by atoms with E-state index in [9.17, 15) is 15.0 Å². The number of phenolic OH excluding ortho intramolecular Hbond substituents is 1. The van der Waals surface area contributed by atoms with Crippen molar-refractivity contribution >= 4 is 5.95 Å². The van der Waals surface area contributed by atoms with Gasteiger partial charge in [0.15, 0.2) is 17.3 Å². The minimum atomic E-state index is -0.576. The van der Waals surface area contributed by atoms with Crippen LogP contribution in [-0.2, 0) is 0 Å². The number of imidazole rings is 1. The van der Waals surface area contributed by atoms with Crippen LogP contribution in [0.3, 0.4) is 0 Å². The monoisotopic (exact) mass is 435 g/mol. The number of ether oxygens (including phenoxy) is 1. The van der Waals surface area contributed by atoms with Crippen LogP contribution < -0.4 is 15.1 Å². The van der Waals surface area contributed by atoms with Crippen LogP contribution in [0, 0.1) is 6.92 Å². The summed E-state index contributed by atoms with van der Waals surface area (Å²) in [5, 5.41) is 20.4. The molecule has 1 aromatic carbocycles. The van der Waals surface area contributed by atoms with Crippen molar-refractivity contribution < 1.29 is 19.4 Å². The van der Waals surface area contributed by atoms with Gasteiger partial charge in [0, 0.05) is 38.1 Å². The number of methoxy groups -OCH3 is 1. The van der Waals surface area contributed by atoms with Gasteiger partial charge in [0.25, 0.3) is 0 Å². The van der Waals surface area contributed by atoms with Gasteiger partial charge in [-0.15, -0.1) is 0 Å². The summed E-state index contributed by atoms with van der Waals surface area (Å²) in [5.74, 6) is 0.866. The van der Waals surface area contributed by atoms with E-state index in [1.807, 2.05) is 14.1 Å². The summed E-state index contributed by atoms with van der Waals surface area (Å²) in [6.07, 6.45) is 3.22. The van der Waals surface area contributed by atoms with Crippen LogP contribution >= 0.6 is 0 Å². The Bertz CT molecular complexity index is 1340. The lowest BCUT2D eigenvalue weighted by Gasteiger charge is -2.08. The van der Waals surface area contributed by atoms with Crippen LogP contribution in [0.25, 0.3) is 34.1 Å². The summed E-state index contributed by atoms with van der Waals surface area (Å²) >= 11 is 0. The molecule has 0 amide bonds. The number of nitrogens with zero attached hydrogens (tertiary/aromatic N) is 4. The molecule has 0 unspecified atom stereocenters. The molecule has 0 aliphatic rings. The molecule has 0 bridgehead atoms. The van der Waals surface area contributed by atoms with E-state index in [-0.39, 0.29) is 23.0 Å². The Balaban J connectivity index is 1.94. The molecule has 3 N–H and O–H groups in total. The lowest BCUT2D eigenvalue weighted by Crippen LogP contribution is -2.12. The number of aromatic hydroxyl groups is 2. The molecule has 0 spiro atoms. The van der Waals surface area contributed by atoms with Crippen LogP contribution in [-0.4, -0.2) is 51.4 Å². The lowest BCUT2D eigenvalue weighted by atomic mass is 10.1. The van der Waals surface area contributed by atoms with Gasteiger partial charge >= 0.3 is 0 Å². The van der Waals surface area contributed by atoms with E-state index in [1.165, 1.54) is 19.2 Å². The number of anilines is 1. The number of aryl methyl sites for hydroxylation is 1. The normalized spacial score (nSPS) is 10.9. The van der Waals surface area contributed by atoms with E-state index in [4.69, 9.17) is 9.15 Å². The minimum absolute atomic E-state index is 0.0360. The molecule has 32 heavy (non-hydrogen) atoms. The maximum absolute atomic E-state index is 12.2. The molecule has 10 heteroatoms. The zero-order valence-electron chi connectivity index (χ0n) is 17.9. The van der Waals surface area contributed by atoms with E-state index >= 15 is 0 Å². The first kappa shape index (κ1) is 20.9. The predicted octanol–water partition coefficient (Wildman–Crippen LogP) is 2.95. The molecule has 10 nitrogen and oxygen atoms in total. The Hall–Kier alpha value is -4.34. The minimum Gasteiger partial charge on any atom is -0.504 e. The Morgan fingerprint density at radius 3 is 2.47 bits per heavy atom. The second kappa shape index (κ2) is 8.06. The molecule has 0 atom stereocenters. The number of nitrogens with one attached hydrogen (secondary N) is 1. The molecular formula is C22H21N5O5. The van der Waals surface area contributed by atoms with Crippen molar-refractivity contribution in [2.24, 2.45) is 0 Å². The molecule has 4 aromatic rings. The van der Waals surface area contributed by atoms with E-state index in [1.54, 1.807) is 36.4 Å². The van der Waals surface area contributed by atoms with Crippen molar-refractivity contribution in [2.75, 3.05) is 26.1 Å². The highest BCUT2D eigenvalue weighted by Crippen LogP contribution is 2.39. The smallest absolute Gasteiger partial charge is 0.227 e. The third-order valence-corrected chi connectivity index (χ3v) is 4.74. The van der Waals surface area contributed by atoms with E-state index in [0.717, 1.165) is 0 Å². The first-order chi connectivity index (χ1) is 15.3. The summed E-state index contributed by atoms with van der Waals surface area (Å²) < 4.78 is 10.9. The fourth-order valence-corrected chi connectivity index (χ4v) is 3.16. The number of phenols is 1. The molecule has 0 radical (unpaired) electrons. The van der Waals surface area contributed by atoms with Gasteiger partial charge < -0.3 is 29.3 Å². The van der Waals surface area contributed by atoms with Crippen molar-refractivity contribution in [3.8, 4) is 51.3 Å². The fraction of sp³-hybridized carbons (Fsp3) is 0.182. The SMILES string of the molecule is COc1cc(-c2nc(-c3cnc(N(C)C)nc3)[nH]c2-c2oc(C)cc(=O)c2O)ccc1O. The zero-order chi connectivity index (χ0) is 23.0. The van der Waals surface area contributed by atoms with Crippen LogP contribution in [0.4, 0.5) is 5.95 Å². The maximum Gasteiger partial charge on any atom is 0.227 e. The maximum atomic E-state index is 12.2. The average molecular weight is 435 g/mol. The van der Waals surface area contributed by atoms with Gasteiger partial charge in [-0.1, -0.05) is 0 Å². The second-order valence-electron chi connectivity index (χ2n) is 7.26. The summed E-state index contributed by atoms with van der Waals surface area (Å²) in [6, 6.07) is 5.90. The summed E-state index contributed by atoms with van der Waals surface area (Å²) in [7, 11) is 5.10. The molecule has 0 saturated heterocycles. The fourth-order valence-electron chi connectivity index (χ4n) is 3.16. The van der Waals surface area contributed by atoms with Gasteiger partial charge in [-0.05, 0) is 25.1 Å². The van der Waals surface area contributed by atoms with Gasteiger partial charge in [-0.2, -0.15) is 0 Å². The van der Waals surface area contributed by atoms with Crippen molar-refractivity contribution in [2.45, 2.75) is 6.92 Å². The molecule has 0 aliphatic heterocycles. The largest absolute Gasteiger partial charge is 0.504 e. The number of rotatable bonds is 5. The number of aromatic nitrogens is 4. The van der Waals surface area contributed by atoms with Crippen molar-refractivity contribution in [1.82, 2.24) is 19.9 Å². The topological polar surface area (TPSA) is 138 Å². The van der Waals surface area contributed by atoms with Crippen molar-refractivity contribution in [1.29, 1.82) is 0 Å². The van der Waals surface area contributed by atoms with Crippen molar-refractivity contribution in [3.05, 3.63) is 52.6 Å². The van der Waals surface area contributed by atoms with Crippen LogP contribution in [0.5, 0.6) is 17.2 Å². The highest BCUT2D eigenvalue weighted by Gasteiger charge is 2.23. The molecule has 3 aromatic heterocycles. The van der Waals surface area contributed by atoms with Crippen LogP contribution in [0.15, 0.2) is 45.9 Å². The van der Waals surface area contributed by atoms with Crippen LogP contribution in [0.2, 0.25) is 0 Å². The Morgan fingerprint density at radius 2 is 1.81 bits per heavy atom. The van der Waals surface area contributed by atoms with E-state index in [0.29, 0.717) is 34.4 Å². The third kappa shape index (κ3) is 3.73. The van der Waals surface area contributed by atoms with Gasteiger partial charge in [-0.3, -0.25) is 4.79 Å². The first-order valence-electron chi connectivity index (χ1n) is 9.59. The number of hydrogen-bond acceptors (Lipinski definition) is 9. The lowest BCUT2D eigenvalue weighted by molar-refractivity contribution is 0.373. The van der Waals surface area contributed by atoms with Gasteiger partial charge in [0.1, 0.15) is 23.0 Å². The molecule has 3 heterocycles. The van der Waals surface area contributed by atoms with Crippen LogP contribution in [0.1, 0.15) is 5.76 Å². The molecule has 164 valence electrons. The standard InChI is InChI=1S/C22H21N5O5/c1-11-7-15(29)19(30)20(32-11)18-17(12-5-6-14(28)16(8-12)31-4)25-21(26-18)13-9-23-22(24-10-13)27(2)3/h5-10,28,30H,1-4H3,(H,25,26). The van der Waals surface area contributed by atoms with Gasteiger partial charge in [0.05, 0.1) is 12.7 Å². The van der Waals surface area contributed by atoms with Gasteiger partial charge in [0.2, 0.25) is 17.1 Å². The molecular weight excluding hydrogens is 414 g/mol. The Labute approximate surface area is 182 Å². The molecule has 0 fully saturated rings. The number of hydrogen-bond donors (Lipinski definition) is 3. The zero-order valence-corrected chi connectivity index (χ0v) is 17.9. The average Bonchev–Trinajstić information content (AvgIpc) is 3.22. The molecule has 0 saturated carbocycles. The number of benzene rings is 1. The summed E-state index contributed by atoms with van der Waals surface area (Å²) in [4.78, 5) is 30.3. The predicted molar refractivity (Wildman–Crippen MR) is 118 cm³/mol. The van der Waals surface area contributed by atoms with E-state index in [2.05, 4.69) is 19.9 Å². The summed E-state index contributed by atoms with van der Waals surface area (Å²) in [5.41, 5.74) is 1.23. The Morgan fingerprint density at radius 1 is 1.09 bits per heavy atom. The van der Waals surface area contributed by atoms with Gasteiger partial charge in [-0.25, -0.2) is 15.0 Å². The van der Waals surface area contributed by atoms with Crippen molar-refractivity contribution in [3.63, 3.8) is 0 Å². The highest BCUT2D eigenvalue weighted by atomic mass is 16.5. The quantitative estimate of drug-likeness (QED) is 0.432. The number of aromatic amines is 1. The highest BCUT2D eigenvalue weighted by molar-refractivity contribution is 5.82. The Kier molecular flexibility index (Phi) is 5.27.